The van der Waals surface area contributed by atoms with Crippen molar-refractivity contribution in [1.29, 1.82) is 0 Å². The summed E-state index contributed by atoms with van der Waals surface area (Å²) in [6.45, 7) is 2.84. The number of amides is 2. The van der Waals surface area contributed by atoms with E-state index in [1.54, 1.807) is 41.1 Å². The summed E-state index contributed by atoms with van der Waals surface area (Å²) in [4.78, 5) is 47.6. The molecule has 1 aliphatic rings. The van der Waals surface area contributed by atoms with Gasteiger partial charge < -0.3 is 14.9 Å². The summed E-state index contributed by atoms with van der Waals surface area (Å²) in [5.74, 6) is -1.46. The minimum absolute atomic E-state index is 0.0618. The van der Waals surface area contributed by atoms with Crippen molar-refractivity contribution in [3.8, 4) is 11.3 Å². The molecular weight excluding hydrogens is 348 g/mol. The molecular formula is C19H20N4O4. The van der Waals surface area contributed by atoms with Gasteiger partial charge in [0.15, 0.2) is 5.69 Å². The molecule has 2 heterocycles. The van der Waals surface area contributed by atoms with Gasteiger partial charge in [0.1, 0.15) is 6.04 Å². The lowest BCUT2D eigenvalue weighted by atomic mass is 10.0. The highest BCUT2D eigenvalue weighted by atomic mass is 16.4. The Bertz CT molecular complexity index is 899. The fourth-order valence-corrected chi connectivity index (χ4v) is 3.14. The first-order chi connectivity index (χ1) is 12.9. The van der Waals surface area contributed by atoms with Gasteiger partial charge >= 0.3 is 5.97 Å². The first-order valence-corrected chi connectivity index (χ1v) is 8.64. The topological polar surface area (TPSA) is 104 Å². The van der Waals surface area contributed by atoms with E-state index in [-0.39, 0.29) is 17.5 Å². The maximum atomic E-state index is 13.0. The second-order valence-electron chi connectivity index (χ2n) is 6.36. The van der Waals surface area contributed by atoms with Crippen LogP contribution in [0.25, 0.3) is 11.3 Å². The lowest BCUT2D eigenvalue weighted by molar-refractivity contribution is -0.138. The quantitative estimate of drug-likeness (QED) is 0.878. The van der Waals surface area contributed by atoms with E-state index < -0.39 is 12.0 Å². The lowest BCUT2D eigenvalue weighted by Gasteiger charge is -2.38. The molecule has 1 aliphatic heterocycles. The summed E-state index contributed by atoms with van der Waals surface area (Å²) < 4.78 is 0. The number of hydrogen-bond acceptors (Lipinski definition) is 5. The van der Waals surface area contributed by atoms with Crippen LogP contribution < -0.4 is 0 Å². The van der Waals surface area contributed by atoms with E-state index in [0.717, 1.165) is 0 Å². The van der Waals surface area contributed by atoms with Gasteiger partial charge in [0.2, 0.25) is 5.91 Å². The highest BCUT2D eigenvalue weighted by Crippen LogP contribution is 2.21. The summed E-state index contributed by atoms with van der Waals surface area (Å²) >= 11 is 0. The molecule has 8 heteroatoms. The molecule has 0 aliphatic carbocycles. The van der Waals surface area contributed by atoms with Crippen molar-refractivity contribution in [2.24, 2.45) is 0 Å². The number of likely N-dealkylation sites (N-methyl/N-ethyl adjacent to an activating group) is 1. The predicted octanol–water partition coefficient (Wildman–Crippen LogP) is 1.53. The number of carbonyl (C=O) groups excluding carboxylic acids is 2. The predicted molar refractivity (Wildman–Crippen MR) is 97.2 cm³/mol. The van der Waals surface area contributed by atoms with Crippen LogP contribution in [-0.2, 0) is 4.79 Å². The van der Waals surface area contributed by atoms with Gasteiger partial charge in [0.05, 0.1) is 18.1 Å². The monoisotopic (exact) mass is 368 g/mol. The average molecular weight is 368 g/mol. The number of carbonyl (C=O) groups is 3. The van der Waals surface area contributed by atoms with Gasteiger partial charge in [-0.15, -0.1) is 0 Å². The number of carboxylic acids is 1. The van der Waals surface area contributed by atoms with Gasteiger partial charge in [-0.1, -0.05) is 19.1 Å². The molecule has 1 aromatic carbocycles. The van der Waals surface area contributed by atoms with E-state index in [1.807, 2.05) is 6.92 Å². The fourth-order valence-electron chi connectivity index (χ4n) is 3.14. The van der Waals surface area contributed by atoms with Crippen LogP contribution in [0.15, 0.2) is 36.7 Å². The zero-order chi connectivity index (χ0) is 19.6. The Morgan fingerprint density at radius 3 is 2.74 bits per heavy atom. The summed E-state index contributed by atoms with van der Waals surface area (Å²) in [6.07, 6.45) is 3.16. The van der Waals surface area contributed by atoms with E-state index >= 15 is 0 Å². The molecule has 2 amide bonds. The smallest absolute Gasteiger partial charge is 0.356 e. The molecule has 27 heavy (non-hydrogen) atoms. The number of nitrogens with zero attached hydrogens (tertiary/aromatic N) is 4. The van der Waals surface area contributed by atoms with Crippen molar-refractivity contribution in [2.45, 2.75) is 19.4 Å². The Balaban J connectivity index is 1.91. The Kier molecular flexibility index (Phi) is 5.16. The first kappa shape index (κ1) is 18.5. The maximum Gasteiger partial charge on any atom is 0.356 e. The Morgan fingerprint density at radius 1 is 1.26 bits per heavy atom. The van der Waals surface area contributed by atoms with Crippen molar-refractivity contribution in [2.75, 3.05) is 20.1 Å². The normalized spacial score (nSPS) is 17.1. The largest absolute Gasteiger partial charge is 0.476 e. The van der Waals surface area contributed by atoms with Crippen molar-refractivity contribution >= 4 is 17.8 Å². The Hall–Kier alpha value is -3.29. The van der Waals surface area contributed by atoms with Crippen LogP contribution in [0, 0.1) is 0 Å². The first-order valence-electron chi connectivity index (χ1n) is 8.64. The van der Waals surface area contributed by atoms with Crippen molar-refractivity contribution in [3.05, 3.63) is 47.9 Å². The number of rotatable bonds is 4. The molecule has 2 aromatic rings. The average Bonchev–Trinajstić information content (AvgIpc) is 2.69. The van der Waals surface area contributed by atoms with Gasteiger partial charge in [0, 0.05) is 31.3 Å². The third-order valence-corrected chi connectivity index (χ3v) is 4.62. The van der Waals surface area contributed by atoms with Crippen LogP contribution in [0.1, 0.15) is 34.2 Å². The molecule has 0 saturated carbocycles. The molecule has 1 saturated heterocycles. The van der Waals surface area contributed by atoms with E-state index in [1.165, 1.54) is 12.4 Å². The van der Waals surface area contributed by atoms with Crippen LogP contribution in [-0.4, -0.2) is 68.8 Å². The van der Waals surface area contributed by atoms with Gasteiger partial charge in [-0.2, -0.15) is 0 Å². The fraction of sp³-hybridized carbons (Fsp3) is 0.316. The van der Waals surface area contributed by atoms with E-state index in [4.69, 9.17) is 5.11 Å². The molecule has 1 fully saturated rings. The molecule has 0 unspecified atom stereocenters. The van der Waals surface area contributed by atoms with E-state index in [2.05, 4.69) is 9.97 Å². The van der Waals surface area contributed by atoms with Gasteiger partial charge in [-0.3, -0.25) is 14.6 Å². The standard InChI is InChI=1S/C19H20N4O4/c1-3-16-18(25)22(2)7-8-23(16)17(24)13-6-4-5-12(9-13)14-10-20-11-15(21-14)19(26)27/h4-6,9-11,16H,3,7-8H2,1-2H3,(H,26,27)/t16-/m1/s1. The zero-order valence-electron chi connectivity index (χ0n) is 15.1. The van der Waals surface area contributed by atoms with Gasteiger partial charge in [0.25, 0.3) is 5.91 Å². The summed E-state index contributed by atoms with van der Waals surface area (Å²) in [6, 6.07) is 6.29. The van der Waals surface area contributed by atoms with Gasteiger partial charge in [-0.05, 0) is 18.6 Å². The van der Waals surface area contributed by atoms with Crippen LogP contribution in [0.3, 0.4) is 0 Å². The SMILES string of the molecule is CC[C@@H]1C(=O)N(C)CCN1C(=O)c1cccc(-c2cncc(C(=O)O)n2)c1. The number of benzene rings is 1. The highest BCUT2D eigenvalue weighted by molar-refractivity contribution is 5.99. The molecule has 8 nitrogen and oxygen atoms in total. The van der Waals surface area contributed by atoms with Crippen LogP contribution in [0.4, 0.5) is 0 Å². The molecule has 0 radical (unpaired) electrons. The van der Waals surface area contributed by atoms with E-state index in [0.29, 0.717) is 36.3 Å². The molecule has 3 rings (SSSR count). The Morgan fingerprint density at radius 2 is 2.04 bits per heavy atom. The minimum Gasteiger partial charge on any atom is -0.476 e. The summed E-state index contributed by atoms with van der Waals surface area (Å²) in [7, 11) is 1.74. The van der Waals surface area contributed by atoms with E-state index in [9.17, 15) is 14.4 Å². The number of carboxylic acid groups (broad SMARTS) is 1. The molecule has 0 spiro atoms. The zero-order valence-corrected chi connectivity index (χ0v) is 15.1. The molecule has 1 aromatic heterocycles. The van der Waals surface area contributed by atoms with Crippen LogP contribution in [0.5, 0.6) is 0 Å². The third kappa shape index (κ3) is 3.64. The Labute approximate surface area is 156 Å². The van der Waals surface area contributed by atoms with Crippen LogP contribution >= 0.6 is 0 Å². The second kappa shape index (κ2) is 7.53. The third-order valence-electron chi connectivity index (χ3n) is 4.62. The number of hydrogen-bond donors (Lipinski definition) is 1. The van der Waals surface area contributed by atoms with Crippen molar-refractivity contribution < 1.29 is 19.5 Å². The number of aromatic nitrogens is 2. The molecule has 0 bridgehead atoms. The highest BCUT2D eigenvalue weighted by Gasteiger charge is 2.35. The number of aromatic carboxylic acids is 1. The molecule has 1 N–H and O–H groups in total. The lowest BCUT2D eigenvalue weighted by Crippen LogP contribution is -2.57. The minimum atomic E-state index is -1.17. The maximum absolute atomic E-state index is 13.0. The molecule has 1 atom stereocenters. The number of piperazine rings is 1. The summed E-state index contributed by atoms with van der Waals surface area (Å²) in [5.41, 5.74) is 1.21. The second-order valence-corrected chi connectivity index (χ2v) is 6.36. The summed E-state index contributed by atoms with van der Waals surface area (Å²) in [5, 5.41) is 9.07. The van der Waals surface area contributed by atoms with Gasteiger partial charge in [-0.25, -0.2) is 9.78 Å². The molecule has 140 valence electrons. The van der Waals surface area contributed by atoms with Crippen molar-refractivity contribution in [1.82, 2.24) is 19.8 Å². The van der Waals surface area contributed by atoms with Crippen LogP contribution in [0.2, 0.25) is 0 Å². The van der Waals surface area contributed by atoms with Crippen molar-refractivity contribution in [3.63, 3.8) is 0 Å².